The van der Waals surface area contributed by atoms with Crippen molar-refractivity contribution in [3.8, 4) is 10.4 Å². The van der Waals surface area contributed by atoms with Crippen LogP contribution in [0.4, 0.5) is 4.39 Å². The number of amides is 1. The number of nitrogens with zero attached hydrogens (tertiary/aromatic N) is 1. The predicted molar refractivity (Wildman–Crippen MR) is 89.2 cm³/mol. The van der Waals surface area contributed by atoms with Gasteiger partial charge in [0.05, 0.1) is 0 Å². The molecule has 22 heavy (non-hydrogen) atoms. The fourth-order valence-electron chi connectivity index (χ4n) is 2.44. The quantitative estimate of drug-likeness (QED) is 0.740. The molecule has 0 bridgehead atoms. The van der Waals surface area contributed by atoms with E-state index in [1.165, 1.54) is 12.1 Å². The van der Waals surface area contributed by atoms with Crippen LogP contribution in [0.1, 0.15) is 24.6 Å². The lowest BCUT2D eigenvalue weighted by Crippen LogP contribution is -2.31. The predicted octanol–water partition coefficient (Wildman–Crippen LogP) is 4.58. The summed E-state index contributed by atoms with van der Waals surface area (Å²) in [6, 6.07) is 10.9. The van der Waals surface area contributed by atoms with Gasteiger partial charge in [-0.2, -0.15) is 0 Å². The minimum Gasteiger partial charge on any atom is -0.336 e. The Kier molecular flexibility index (Phi) is 4.39. The molecule has 3 rings (SSSR count). The normalized spacial score (nSPS) is 14.5. The van der Waals surface area contributed by atoms with Gasteiger partial charge in [0, 0.05) is 28.4 Å². The molecule has 1 aromatic heterocycles. The highest BCUT2D eigenvalue weighted by Gasteiger charge is 2.30. The first-order chi connectivity index (χ1) is 10.7. The number of thiophene rings is 1. The second-order valence-electron chi connectivity index (χ2n) is 5.40. The van der Waals surface area contributed by atoms with E-state index in [-0.39, 0.29) is 11.7 Å². The van der Waals surface area contributed by atoms with E-state index in [4.69, 9.17) is 0 Å². The Labute approximate surface area is 133 Å². The van der Waals surface area contributed by atoms with E-state index in [2.05, 4.69) is 0 Å². The Morgan fingerprint density at radius 3 is 2.64 bits per heavy atom. The average molecular weight is 315 g/mol. The maximum absolute atomic E-state index is 12.9. The smallest absolute Gasteiger partial charge is 0.246 e. The lowest BCUT2D eigenvalue weighted by molar-refractivity contribution is -0.126. The molecule has 2 nitrogen and oxygen atoms in total. The molecule has 0 N–H and O–H groups in total. The molecule has 114 valence electrons. The Morgan fingerprint density at radius 1 is 1.27 bits per heavy atom. The molecule has 1 aliphatic carbocycles. The van der Waals surface area contributed by atoms with Crippen LogP contribution >= 0.6 is 11.3 Å². The summed E-state index contributed by atoms with van der Waals surface area (Å²) < 4.78 is 12.9. The topological polar surface area (TPSA) is 20.3 Å². The highest BCUT2D eigenvalue weighted by atomic mass is 32.1. The van der Waals surface area contributed by atoms with Crippen molar-refractivity contribution in [1.29, 1.82) is 0 Å². The van der Waals surface area contributed by atoms with Gasteiger partial charge in [-0.15, -0.1) is 11.3 Å². The Morgan fingerprint density at radius 2 is 2.00 bits per heavy atom. The van der Waals surface area contributed by atoms with Crippen LogP contribution in [0, 0.1) is 5.82 Å². The molecule has 0 spiro atoms. The molecule has 1 aliphatic rings. The number of hydrogen-bond donors (Lipinski definition) is 0. The van der Waals surface area contributed by atoms with E-state index in [9.17, 15) is 9.18 Å². The summed E-state index contributed by atoms with van der Waals surface area (Å²) in [5.74, 6) is -0.146. The number of hydrogen-bond acceptors (Lipinski definition) is 2. The van der Waals surface area contributed by atoms with Gasteiger partial charge in [-0.05, 0) is 55.7 Å². The van der Waals surface area contributed by atoms with Crippen LogP contribution in [0.5, 0.6) is 0 Å². The van der Waals surface area contributed by atoms with Crippen molar-refractivity contribution in [1.82, 2.24) is 4.90 Å². The third-order valence-electron chi connectivity index (χ3n) is 3.76. The molecule has 0 radical (unpaired) electrons. The standard InChI is InChI=1S/C18H18FNOS/c1-2-20(15-7-8-15)18(21)12-10-16-9-11-17(22-16)13-3-5-14(19)6-4-13/h3-6,9-12,15H,2,7-8H2,1H3. The number of carbonyl (C=O) groups excluding carboxylic acids is 1. The number of halogens is 1. The van der Waals surface area contributed by atoms with Crippen LogP contribution in [0.2, 0.25) is 0 Å². The fourth-order valence-corrected chi connectivity index (χ4v) is 3.36. The molecule has 1 fully saturated rings. The third kappa shape index (κ3) is 3.45. The van der Waals surface area contributed by atoms with Crippen molar-refractivity contribution in [3.63, 3.8) is 0 Å². The third-order valence-corrected chi connectivity index (χ3v) is 4.86. The van der Waals surface area contributed by atoms with E-state index < -0.39 is 0 Å². The Bertz CT molecular complexity index is 685. The van der Waals surface area contributed by atoms with Gasteiger partial charge in [-0.3, -0.25) is 4.79 Å². The summed E-state index contributed by atoms with van der Waals surface area (Å²) in [6.45, 7) is 2.78. The summed E-state index contributed by atoms with van der Waals surface area (Å²) in [4.78, 5) is 16.2. The Hall–Kier alpha value is -1.94. The first-order valence-corrected chi connectivity index (χ1v) is 8.33. The summed E-state index contributed by atoms with van der Waals surface area (Å²) in [7, 11) is 0. The van der Waals surface area contributed by atoms with Gasteiger partial charge in [-0.1, -0.05) is 12.1 Å². The van der Waals surface area contributed by atoms with Crippen molar-refractivity contribution in [2.45, 2.75) is 25.8 Å². The number of likely N-dealkylation sites (N-methyl/N-ethyl adjacent to an activating group) is 1. The van der Waals surface area contributed by atoms with Crippen molar-refractivity contribution in [3.05, 3.63) is 53.2 Å². The summed E-state index contributed by atoms with van der Waals surface area (Å²) in [5, 5.41) is 0. The molecule has 1 aromatic carbocycles. The molecule has 1 heterocycles. The first kappa shape index (κ1) is 15.0. The van der Waals surface area contributed by atoms with Gasteiger partial charge in [0.2, 0.25) is 5.91 Å². The van der Waals surface area contributed by atoms with E-state index in [0.717, 1.165) is 34.7 Å². The maximum atomic E-state index is 12.9. The van der Waals surface area contributed by atoms with Crippen LogP contribution in [0.3, 0.4) is 0 Å². The van der Waals surface area contributed by atoms with E-state index >= 15 is 0 Å². The molecular weight excluding hydrogens is 297 g/mol. The minimum absolute atomic E-state index is 0.0849. The van der Waals surface area contributed by atoms with E-state index in [1.54, 1.807) is 29.5 Å². The zero-order valence-electron chi connectivity index (χ0n) is 12.5. The molecule has 2 aromatic rings. The molecule has 0 saturated heterocycles. The van der Waals surface area contributed by atoms with Crippen LogP contribution in [-0.4, -0.2) is 23.4 Å². The largest absolute Gasteiger partial charge is 0.336 e. The maximum Gasteiger partial charge on any atom is 0.246 e. The van der Waals surface area contributed by atoms with Crippen LogP contribution in [0.25, 0.3) is 16.5 Å². The van der Waals surface area contributed by atoms with Gasteiger partial charge in [0.25, 0.3) is 0 Å². The van der Waals surface area contributed by atoms with Crippen LogP contribution in [0.15, 0.2) is 42.5 Å². The average Bonchev–Trinajstić information content (AvgIpc) is 3.24. The number of carbonyl (C=O) groups is 1. The SMILES string of the molecule is CCN(C(=O)C=Cc1ccc(-c2ccc(F)cc2)s1)C1CC1. The highest BCUT2D eigenvalue weighted by Crippen LogP contribution is 2.30. The molecule has 4 heteroatoms. The zero-order chi connectivity index (χ0) is 15.5. The first-order valence-electron chi connectivity index (χ1n) is 7.52. The highest BCUT2D eigenvalue weighted by molar-refractivity contribution is 7.16. The molecule has 0 atom stereocenters. The zero-order valence-corrected chi connectivity index (χ0v) is 13.3. The van der Waals surface area contributed by atoms with Crippen molar-refractivity contribution in [2.75, 3.05) is 6.54 Å². The van der Waals surface area contributed by atoms with Gasteiger partial charge >= 0.3 is 0 Å². The van der Waals surface area contributed by atoms with Crippen LogP contribution < -0.4 is 0 Å². The van der Waals surface area contributed by atoms with Gasteiger partial charge in [0.15, 0.2) is 0 Å². The summed E-state index contributed by atoms with van der Waals surface area (Å²) in [6.07, 6.45) is 5.77. The molecular formula is C18H18FNOS. The molecule has 0 unspecified atom stereocenters. The number of benzene rings is 1. The van der Waals surface area contributed by atoms with E-state index in [1.807, 2.05) is 30.0 Å². The van der Waals surface area contributed by atoms with Crippen molar-refractivity contribution < 1.29 is 9.18 Å². The summed E-state index contributed by atoms with van der Waals surface area (Å²) >= 11 is 1.60. The van der Waals surface area contributed by atoms with Gasteiger partial charge in [-0.25, -0.2) is 4.39 Å². The van der Waals surface area contributed by atoms with Crippen molar-refractivity contribution >= 4 is 23.3 Å². The molecule has 1 amide bonds. The second-order valence-corrected chi connectivity index (χ2v) is 6.51. The molecule has 1 saturated carbocycles. The van der Waals surface area contributed by atoms with Gasteiger partial charge < -0.3 is 4.90 Å². The lowest BCUT2D eigenvalue weighted by Gasteiger charge is -2.17. The van der Waals surface area contributed by atoms with Crippen LogP contribution in [-0.2, 0) is 4.79 Å². The van der Waals surface area contributed by atoms with E-state index in [0.29, 0.717) is 6.04 Å². The molecule has 0 aliphatic heterocycles. The van der Waals surface area contributed by atoms with Crippen molar-refractivity contribution in [2.24, 2.45) is 0 Å². The minimum atomic E-state index is -0.231. The monoisotopic (exact) mass is 315 g/mol. The second kappa shape index (κ2) is 6.44. The summed E-state index contributed by atoms with van der Waals surface area (Å²) in [5.41, 5.74) is 0.991. The Balaban J connectivity index is 1.69. The van der Waals surface area contributed by atoms with Gasteiger partial charge in [0.1, 0.15) is 5.82 Å². The number of rotatable bonds is 5. The lowest BCUT2D eigenvalue weighted by atomic mass is 10.2. The fraction of sp³-hybridized carbons (Fsp3) is 0.278.